The first kappa shape index (κ1) is 14.5. The van der Waals surface area contributed by atoms with Gasteiger partial charge in [-0.1, -0.05) is 29.8 Å². The van der Waals surface area contributed by atoms with Crippen molar-refractivity contribution in [1.29, 1.82) is 0 Å². The summed E-state index contributed by atoms with van der Waals surface area (Å²) in [7, 11) is 0. The molecule has 0 saturated heterocycles. The van der Waals surface area contributed by atoms with Gasteiger partial charge in [-0.15, -0.1) is 0 Å². The molecule has 1 aromatic carbocycles. The lowest BCUT2D eigenvalue weighted by Crippen LogP contribution is -2.36. The highest BCUT2D eigenvalue weighted by Crippen LogP contribution is 2.15. The summed E-state index contributed by atoms with van der Waals surface area (Å²) in [6.45, 7) is 7.20. The van der Waals surface area contributed by atoms with Gasteiger partial charge in [0.25, 0.3) is 0 Å². The fourth-order valence-electron chi connectivity index (χ4n) is 1.57. The molecule has 0 aliphatic heterocycles. The van der Waals surface area contributed by atoms with E-state index < -0.39 is 17.7 Å². The molecular weight excluding hydrogens is 230 g/mol. The van der Waals surface area contributed by atoms with E-state index in [2.05, 4.69) is 5.32 Å². The zero-order valence-electron chi connectivity index (χ0n) is 11.4. The first-order valence-electron chi connectivity index (χ1n) is 5.99. The highest BCUT2D eigenvalue weighted by Gasteiger charge is 2.20. The van der Waals surface area contributed by atoms with Crippen LogP contribution < -0.4 is 5.32 Å². The van der Waals surface area contributed by atoms with Crippen LogP contribution in [0.25, 0.3) is 0 Å². The van der Waals surface area contributed by atoms with Gasteiger partial charge in [0.1, 0.15) is 5.60 Å². The zero-order valence-corrected chi connectivity index (χ0v) is 11.4. The van der Waals surface area contributed by atoms with Gasteiger partial charge in [0, 0.05) is 0 Å². The van der Waals surface area contributed by atoms with Crippen LogP contribution in [0.15, 0.2) is 24.3 Å². The Bertz CT molecular complexity index is 410. The Kier molecular flexibility index (Phi) is 4.73. The second kappa shape index (κ2) is 5.87. The number of rotatable bonds is 3. The lowest BCUT2D eigenvalue weighted by atomic mass is 10.1. The predicted octanol–water partition coefficient (Wildman–Crippen LogP) is 2.55. The molecule has 2 N–H and O–H groups in total. The number of alkyl carbamates (subject to hydrolysis) is 1. The summed E-state index contributed by atoms with van der Waals surface area (Å²) in [5.41, 5.74) is 1.40. The Hall–Kier alpha value is -1.55. The summed E-state index contributed by atoms with van der Waals surface area (Å²) in [5, 5.41) is 12.0. The minimum atomic E-state index is -0.545. The van der Waals surface area contributed by atoms with Gasteiger partial charge in [-0.25, -0.2) is 4.79 Å². The van der Waals surface area contributed by atoms with E-state index in [0.717, 1.165) is 11.1 Å². The normalized spacial score (nSPS) is 12.9. The van der Waals surface area contributed by atoms with Crippen molar-refractivity contribution < 1.29 is 14.6 Å². The quantitative estimate of drug-likeness (QED) is 0.868. The second-order valence-electron chi connectivity index (χ2n) is 5.30. The Labute approximate surface area is 108 Å². The van der Waals surface area contributed by atoms with Crippen molar-refractivity contribution in [2.24, 2.45) is 0 Å². The Balaban J connectivity index is 2.71. The zero-order chi connectivity index (χ0) is 13.8. The summed E-state index contributed by atoms with van der Waals surface area (Å²) in [5.74, 6) is 0. The maximum Gasteiger partial charge on any atom is 0.408 e. The van der Waals surface area contributed by atoms with Crippen LogP contribution in [0.4, 0.5) is 4.79 Å². The van der Waals surface area contributed by atoms with Crippen LogP contribution in [-0.4, -0.2) is 23.4 Å². The molecule has 1 aromatic rings. The molecule has 18 heavy (non-hydrogen) atoms. The van der Waals surface area contributed by atoms with Crippen molar-refractivity contribution in [3.05, 3.63) is 35.4 Å². The largest absolute Gasteiger partial charge is 0.444 e. The fourth-order valence-corrected chi connectivity index (χ4v) is 1.57. The van der Waals surface area contributed by atoms with E-state index in [1.807, 2.05) is 31.2 Å². The molecule has 0 heterocycles. The van der Waals surface area contributed by atoms with E-state index in [9.17, 15) is 9.90 Å². The molecule has 0 aromatic heterocycles. The minimum Gasteiger partial charge on any atom is -0.444 e. The molecule has 0 aliphatic carbocycles. The van der Waals surface area contributed by atoms with Crippen LogP contribution in [0.3, 0.4) is 0 Å². The third kappa shape index (κ3) is 4.75. The van der Waals surface area contributed by atoms with Gasteiger partial charge in [0.2, 0.25) is 0 Å². The van der Waals surface area contributed by atoms with E-state index in [0.29, 0.717) is 0 Å². The van der Waals surface area contributed by atoms with E-state index in [1.165, 1.54) is 0 Å². The van der Waals surface area contributed by atoms with Gasteiger partial charge in [0.05, 0.1) is 12.6 Å². The second-order valence-corrected chi connectivity index (χ2v) is 5.30. The van der Waals surface area contributed by atoms with Crippen LogP contribution in [-0.2, 0) is 4.74 Å². The molecule has 0 radical (unpaired) electrons. The predicted molar refractivity (Wildman–Crippen MR) is 70.4 cm³/mol. The maximum absolute atomic E-state index is 11.6. The van der Waals surface area contributed by atoms with Crippen molar-refractivity contribution in [1.82, 2.24) is 5.32 Å². The average molecular weight is 251 g/mol. The Morgan fingerprint density at radius 1 is 1.44 bits per heavy atom. The molecule has 1 rings (SSSR count). The number of benzene rings is 1. The molecule has 4 heteroatoms. The van der Waals surface area contributed by atoms with Gasteiger partial charge in [0.15, 0.2) is 0 Å². The van der Waals surface area contributed by atoms with Crippen LogP contribution in [0.1, 0.15) is 37.9 Å². The van der Waals surface area contributed by atoms with Gasteiger partial charge in [-0.2, -0.15) is 0 Å². The maximum atomic E-state index is 11.6. The van der Waals surface area contributed by atoms with E-state index in [1.54, 1.807) is 20.8 Å². The van der Waals surface area contributed by atoms with Gasteiger partial charge >= 0.3 is 6.09 Å². The number of ether oxygens (including phenoxy) is 1. The molecule has 1 amide bonds. The summed E-state index contributed by atoms with van der Waals surface area (Å²) < 4.78 is 5.16. The summed E-state index contributed by atoms with van der Waals surface area (Å²) in [6, 6.07) is 7.21. The lowest BCUT2D eigenvalue weighted by Gasteiger charge is -2.23. The lowest BCUT2D eigenvalue weighted by molar-refractivity contribution is 0.0482. The van der Waals surface area contributed by atoms with E-state index in [4.69, 9.17) is 4.74 Å². The average Bonchev–Trinajstić information content (AvgIpc) is 2.23. The van der Waals surface area contributed by atoms with Crippen molar-refractivity contribution in [3.63, 3.8) is 0 Å². The molecule has 0 aliphatic rings. The topological polar surface area (TPSA) is 58.6 Å². The van der Waals surface area contributed by atoms with Crippen molar-refractivity contribution in [2.45, 2.75) is 39.3 Å². The fraction of sp³-hybridized carbons (Fsp3) is 0.500. The molecule has 4 nitrogen and oxygen atoms in total. The standard InChI is InChI=1S/C14H21NO3/c1-10-6-5-7-11(8-10)12(9-16)15-13(17)18-14(2,3)4/h5-8,12,16H,9H2,1-4H3,(H,15,17). The minimum absolute atomic E-state index is 0.164. The molecule has 1 atom stereocenters. The van der Waals surface area contributed by atoms with Gasteiger partial charge in [-0.05, 0) is 33.3 Å². The van der Waals surface area contributed by atoms with Crippen LogP contribution in [0.2, 0.25) is 0 Å². The van der Waals surface area contributed by atoms with Gasteiger partial charge < -0.3 is 15.2 Å². The summed E-state index contributed by atoms with van der Waals surface area (Å²) in [4.78, 5) is 11.6. The molecule has 1 unspecified atom stereocenters. The molecule has 0 spiro atoms. The number of carbonyl (C=O) groups excluding carboxylic acids is 1. The molecule has 0 fully saturated rings. The first-order chi connectivity index (χ1) is 8.31. The third-order valence-electron chi connectivity index (χ3n) is 2.32. The summed E-state index contributed by atoms with van der Waals surface area (Å²) >= 11 is 0. The van der Waals surface area contributed by atoms with E-state index in [-0.39, 0.29) is 6.61 Å². The number of amides is 1. The van der Waals surface area contributed by atoms with Crippen molar-refractivity contribution >= 4 is 6.09 Å². The van der Waals surface area contributed by atoms with Crippen LogP contribution >= 0.6 is 0 Å². The highest BCUT2D eigenvalue weighted by atomic mass is 16.6. The molecule has 100 valence electrons. The number of carbonyl (C=O) groups is 1. The monoisotopic (exact) mass is 251 g/mol. The molecule has 0 bridgehead atoms. The SMILES string of the molecule is Cc1cccc(C(CO)NC(=O)OC(C)(C)C)c1. The van der Waals surface area contributed by atoms with Gasteiger partial charge in [-0.3, -0.25) is 0 Å². The molecular formula is C14H21NO3. The molecule has 0 saturated carbocycles. The van der Waals surface area contributed by atoms with E-state index >= 15 is 0 Å². The first-order valence-corrected chi connectivity index (χ1v) is 5.99. The Morgan fingerprint density at radius 3 is 2.61 bits per heavy atom. The highest BCUT2D eigenvalue weighted by molar-refractivity contribution is 5.68. The van der Waals surface area contributed by atoms with Crippen molar-refractivity contribution in [3.8, 4) is 0 Å². The number of aryl methyl sites for hydroxylation is 1. The number of hydrogen-bond donors (Lipinski definition) is 2. The Morgan fingerprint density at radius 2 is 2.11 bits per heavy atom. The number of nitrogens with one attached hydrogen (secondary N) is 1. The van der Waals surface area contributed by atoms with Crippen LogP contribution in [0.5, 0.6) is 0 Å². The van der Waals surface area contributed by atoms with Crippen LogP contribution in [0, 0.1) is 6.92 Å². The number of hydrogen-bond acceptors (Lipinski definition) is 3. The number of aliphatic hydroxyl groups is 1. The summed E-state index contributed by atoms with van der Waals surface area (Å²) in [6.07, 6.45) is -0.525. The van der Waals surface area contributed by atoms with Crippen molar-refractivity contribution in [2.75, 3.05) is 6.61 Å². The smallest absolute Gasteiger partial charge is 0.408 e. The number of aliphatic hydroxyl groups excluding tert-OH is 1. The third-order valence-corrected chi connectivity index (χ3v) is 2.32.